The van der Waals surface area contributed by atoms with Gasteiger partial charge in [-0.1, -0.05) is 81.4 Å². The summed E-state index contributed by atoms with van der Waals surface area (Å²) in [6.45, 7) is 1.83. The van der Waals surface area contributed by atoms with E-state index in [9.17, 15) is 5.11 Å². The highest BCUT2D eigenvalue weighted by atomic mass is 31.1. The molecule has 0 amide bonds. The quantitative estimate of drug-likeness (QED) is 0.721. The Hall–Kier alpha value is -1.95. The monoisotopic (exact) mass is 306 g/mol. The van der Waals surface area contributed by atoms with Crippen molar-refractivity contribution >= 4 is 19.2 Å². The van der Waals surface area contributed by atoms with E-state index in [-0.39, 0.29) is 0 Å². The van der Waals surface area contributed by atoms with Crippen LogP contribution >= 0.6 is 8.58 Å². The van der Waals surface area contributed by atoms with E-state index in [4.69, 9.17) is 0 Å². The van der Waals surface area contributed by atoms with Crippen molar-refractivity contribution in [3.63, 3.8) is 0 Å². The second-order valence-corrected chi connectivity index (χ2v) is 6.74. The molecule has 2 atom stereocenters. The van der Waals surface area contributed by atoms with Crippen LogP contribution in [0.3, 0.4) is 0 Å². The zero-order valence-electron chi connectivity index (χ0n) is 12.5. The maximum atomic E-state index is 10.2. The van der Waals surface area contributed by atoms with E-state index in [0.717, 1.165) is 16.7 Å². The van der Waals surface area contributed by atoms with Crippen molar-refractivity contribution in [1.82, 2.24) is 0 Å². The lowest BCUT2D eigenvalue weighted by Crippen LogP contribution is -2.06. The van der Waals surface area contributed by atoms with E-state index in [1.807, 2.05) is 31.2 Å². The van der Waals surface area contributed by atoms with Gasteiger partial charge < -0.3 is 5.11 Å². The average Bonchev–Trinajstić information content (AvgIpc) is 2.56. The predicted octanol–water partition coefficient (Wildman–Crippen LogP) is 4.04. The topological polar surface area (TPSA) is 20.2 Å². The molecule has 0 fully saturated rings. The van der Waals surface area contributed by atoms with Crippen LogP contribution in [0.25, 0.3) is 11.1 Å². The van der Waals surface area contributed by atoms with Crippen molar-refractivity contribution in [2.24, 2.45) is 0 Å². The van der Waals surface area contributed by atoms with Crippen molar-refractivity contribution in [3.8, 4) is 11.1 Å². The summed E-state index contributed by atoms with van der Waals surface area (Å²) in [6.07, 6.45) is -0.476. The molecule has 2 heteroatoms. The minimum Gasteiger partial charge on any atom is -0.389 e. The first kappa shape index (κ1) is 15.0. The Kier molecular flexibility index (Phi) is 4.68. The smallest absolute Gasteiger partial charge is 0.0768 e. The van der Waals surface area contributed by atoms with Gasteiger partial charge in [0.25, 0.3) is 0 Å². The molecule has 0 saturated carbocycles. The number of hydrogen-bond acceptors (Lipinski definition) is 1. The van der Waals surface area contributed by atoms with Crippen LogP contribution in [0.15, 0.2) is 78.9 Å². The summed E-state index contributed by atoms with van der Waals surface area (Å²) < 4.78 is 0. The molecule has 0 aliphatic heterocycles. The fourth-order valence-electron chi connectivity index (χ4n) is 2.55. The summed E-state index contributed by atoms with van der Waals surface area (Å²) >= 11 is 0. The van der Waals surface area contributed by atoms with Gasteiger partial charge in [0.05, 0.1) is 6.10 Å². The molecule has 1 nitrogen and oxygen atoms in total. The zero-order chi connectivity index (χ0) is 15.4. The van der Waals surface area contributed by atoms with Crippen LogP contribution in [-0.2, 0) is 0 Å². The summed E-state index contributed by atoms with van der Waals surface area (Å²) in [5.74, 6) is 0. The van der Waals surface area contributed by atoms with Crippen molar-refractivity contribution in [2.75, 3.05) is 0 Å². The fraction of sp³-hybridized carbons (Fsp3) is 0.100. The van der Waals surface area contributed by atoms with E-state index >= 15 is 0 Å². The number of rotatable bonds is 4. The summed E-state index contributed by atoms with van der Waals surface area (Å²) in [7, 11) is 0.609. The van der Waals surface area contributed by atoms with Gasteiger partial charge in [0.2, 0.25) is 0 Å². The maximum absolute atomic E-state index is 10.2. The van der Waals surface area contributed by atoms with Crippen LogP contribution in [0.2, 0.25) is 0 Å². The summed E-state index contributed by atoms with van der Waals surface area (Å²) in [6, 6.07) is 27.1. The minimum atomic E-state index is -0.476. The Morgan fingerprint density at radius 1 is 0.773 bits per heavy atom. The lowest BCUT2D eigenvalue weighted by molar-refractivity contribution is 0.200. The first-order valence-corrected chi connectivity index (χ1v) is 8.43. The molecule has 1 N–H and O–H groups in total. The van der Waals surface area contributed by atoms with E-state index in [0.29, 0.717) is 8.58 Å². The highest BCUT2D eigenvalue weighted by molar-refractivity contribution is 7.55. The van der Waals surface area contributed by atoms with Gasteiger partial charge >= 0.3 is 0 Å². The fourth-order valence-corrected chi connectivity index (χ4v) is 3.64. The van der Waals surface area contributed by atoms with Crippen molar-refractivity contribution in [1.29, 1.82) is 0 Å². The first-order valence-electron chi connectivity index (χ1n) is 7.43. The van der Waals surface area contributed by atoms with Crippen LogP contribution in [0.4, 0.5) is 0 Å². The Labute approximate surface area is 133 Å². The predicted molar refractivity (Wildman–Crippen MR) is 96.5 cm³/mol. The van der Waals surface area contributed by atoms with Gasteiger partial charge in [0.1, 0.15) is 0 Å². The molecule has 0 aliphatic rings. The van der Waals surface area contributed by atoms with Crippen LogP contribution in [0.5, 0.6) is 0 Å². The van der Waals surface area contributed by atoms with Crippen LogP contribution < -0.4 is 10.6 Å². The van der Waals surface area contributed by atoms with Gasteiger partial charge in [-0.05, 0) is 40.3 Å². The van der Waals surface area contributed by atoms with Crippen molar-refractivity contribution < 1.29 is 5.11 Å². The molecule has 3 rings (SSSR count). The lowest BCUT2D eigenvalue weighted by Gasteiger charge is -2.14. The second kappa shape index (κ2) is 6.87. The molecule has 2 unspecified atom stereocenters. The van der Waals surface area contributed by atoms with E-state index < -0.39 is 6.10 Å². The molecule has 0 saturated heterocycles. The Morgan fingerprint density at radius 3 is 2.05 bits per heavy atom. The standard InChI is InChI=1S/C20H19OP/c1-15(21)20-14-18(22-17-10-6-3-7-11-17)12-13-19(20)16-8-4-2-5-9-16/h2-15,21-22H,1H3. The van der Waals surface area contributed by atoms with Crippen molar-refractivity contribution in [2.45, 2.75) is 13.0 Å². The molecule has 22 heavy (non-hydrogen) atoms. The highest BCUT2D eigenvalue weighted by Crippen LogP contribution is 2.28. The molecular weight excluding hydrogens is 287 g/mol. The molecule has 0 bridgehead atoms. The summed E-state index contributed by atoms with van der Waals surface area (Å²) in [4.78, 5) is 0. The number of hydrogen-bond donors (Lipinski definition) is 1. The summed E-state index contributed by atoms with van der Waals surface area (Å²) in [5.41, 5.74) is 3.25. The van der Waals surface area contributed by atoms with Crippen LogP contribution in [0, 0.1) is 0 Å². The second-order valence-electron chi connectivity index (χ2n) is 5.34. The van der Waals surface area contributed by atoms with Crippen LogP contribution in [-0.4, -0.2) is 5.11 Å². The molecule has 110 valence electrons. The average molecular weight is 306 g/mol. The molecule has 0 aromatic heterocycles. The van der Waals surface area contributed by atoms with E-state index in [2.05, 4.69) is 54.6 Å². The molecular formula is C20H19OP. The Balaban J connectivity index is 1.97. The first-order chi connectivity index (χ1) is 10.7. The third-order valence-electron chi connectivity index (χ3n) is 3.65. The summed E-state index contributed by atoms with van der Waals surface area (Å²) in [5, 5.41) is 12.7. The van der Waals surface area contributed by atoms with Gasteiger partial charge in [-0.2, -0.15) is 0 Å². The van der Waals surface area contributed by atoms with Gasteiger partial charge in [0, 0.05) is 0 Å². The van der Waals surface area contributed by atoms with Crippen molar-refractivity contribution in [3.05, 3.63) is 84.4 Å². The SMILES string of the molecule is CC(O)c1cc(Pc2ccccc2)ccc1-c1ccccc1. The molecule has 3 aromatic rings. The van der Waals surface area contributed by atoms with Gasteiger partial charge in [-0.15, -0.1) is 0 Å². The number of aliphatic hydroxyl groups excluding tert-OH is 1. The van der Waals surface area contributed by atoms with Gasteiger partial charge in [-0.3, -0.25) is 0 Å². The third kappa shape index (κ3) is 3.44. The normalized spacial score (nSPS) is 12.6. The van der Waals surface area contributed by atoms with Gasteiger partial charge in [0.15, 0.2) is 0 Å². The highest BCUT2D eigenvalue weighted by Gasteiger charge is 2.11. The maximum Gasteiger partial charge on any atom is 0.0768 e. The molecule has 0 aliphatic carbocycles. The molecule has 0 spiro atoms. The van der Waals surface area contributed by atoms with E-state index in [1.165, 1.54) is 10.6 Å². The lowest BCUT2D eigenvalue weighted by atomic mass is 9.97. The number of aliphatic hydroxyl groups is 1. The Morgan fingerprint density at radius 2 is 1.41 bits per heavy atom. The minimum absolute atomic E-state index is 0.476. The molecule has 3 aromatic carbocycles. The molecule has 0 heterocycles. The molecule has 0 radical (unpaired) electrons. The van der Waals surface area contributed by atoms with Gasteiger partial charge in [-0.25, -0.2) is 0 Å². The number of benzene rings is 3. The largest absolute Gasteiger partial charge is 0.389 e. The van der Waals surface area contributed by atoms with E-state index in [1.54, 1.807) is 0 Å². The third-order valence-corrected chi connectivity index (χ3v) is 4.87. The Bertz CT molecular complexity index is 736. The van der Waals surface area contributed by atoms with Crippen LogP contribution in [0.1, 0.15) is 18.6 Å². The zero-order valence-corrected chi connectivity index (χ0v) is 13.5.